The van der Waals surface area contributed by atoms with Crippen molar-refractivity contribution in [2.75, 3.05) is 0 Å². The standard InChI is InChI=1S/C76H92N4O2.Ni/c1-69(2,3)47-31-43(32-48(39-47)70(4,5)6)61-55-25-26-56(77-55)62(44-33-49(71(7,8)9)40-50(34-44)72(10,11)12)58-28-30-60(79-58)64(46-37-53(75(19,20)21)42-54(38-46)76(22,23)24)66-68(82)67(81)65(80-66)63(59-29-27-57(61)78-59)45-35-51(73(13,14)15)41-52(36-45)74(16,17)18;/h25-42H,1-24H3,(H2,77,78,79,80,81,82);/q;+2/p-2. The summed E-state index contributed by atoms with van der Waals surface area (Å²) in [6.07, 6.45) is 4.28. The predicted octanol–water partition coefficient (Wildman–Crippen LogP) is 19.9. The van der Waals surface area contributed by atoms with Gasteiger partial charge in [0, 0.05) is 0 Å². The van der Waals surface area contributed by atoms with Crippen molar-refractivity contribution in [1.82, 2.24) is 19.9 Å². The summed E-state index contributed by atoms with van der Waals surface area (Å²) in [6, 6.07) is 35.3. The maximum Gasteiger partial charge on any atom is 2.00 e. The van der Waals surface area contributed by atoms with Crippen molar-refractivity contribution in [3.05, 3.63) is 164 Å². The van der Waals surface area contributed by atoms with Crippen LogP contribution in [0.4, 0.5) is 0 Å². The SMILES string of the molecule is CC(C)(C)c1cc(-c2c3nc(c(-c4cc(C(C)(C)C)cc(C(C)(C)C)c4)c4ccc([n-]4)c(-c4cc(C(C)(C)C)cc(C(C)(C)C)c4)c4nc(c(-c5cc(C(C)(C)C)cc(C(C)(C)C)c5)c5ccc2[n-]5)C(=O)C4=O)C=C3)cc(C(C)(C)C)c1.[Ni+2]. The second-order valence-corrected chi connectivity index (χ2v) is 31.8. The summed E-state index contributed by atoms with van der Waals surface area (Å²) in [4.78, 5) is 53.6. The Balaban J connectivity index is 0.00000900. The van der Waals surface area contributed by atoms with Crippen molar-refractivity contribution in [2.24, 2.45) is 0 Å². The van der Waals surface area contributed by atoms with E-state index in [-0.39, 0.29) is 71.2 Å². The minimum atomic E-state index is -0.676. The molecule has 5 heterocycles. The second-order valence-electron chi connectivity index (χ2n) is 31.8. The zero-order valence-corrected chi connectivity index (χ0v) is 55.3. The average Bonchev–Trinajstić information content (AvgIpc) is 2.85. The number of aromatic nitrogens is 4. The van der Waals surface area contributed by atoms with Crippen LogP contribution in [-0.2, 0) is 59.8 Å². The van der Waals surface area contributed by atoms with Gasteiger partial charge in [0.05, 0.1) is 11.4 Å². The minimum absolute atomic E-state index is 0. The third-order valence-corrected chi connectivity index (χ3v) is 16.6. The van der Waals surface area contributed by atoms with E-state index in [9.17, 15) is 0 Å². The molecule has 0 fully saturated rings. The second kappa shape index (κ2) is 21.0. The molecule has 83 heavy (non-hydrogen) atoms. The maximum absolute atomic E-state index is 15.6. The van der Waals surface area contributed by atoms with Gasteiger partial charge < -0.3 is 9.97 Å². The first-order valence-electron chi connectivity index (χ1n) is 29.6. The molecule has 0 N–H and O–H groups in total. The zero-order valence-electron chi connectivity index (χ0n) is 54.3. The van der Waals surface area contributed by atoms with Gasteiger partial charge in [-0.05, 0) is 144 Å². The van der Waals surface area contributed by atoms with Crippen LogP contribution in [0.15, 0.2) is 97.1 Å². The number of nitrogens with zero attached hydrogens (tertiary/aromatic N) is 4. The molecule has 4 aromatic carbocycles. The van der Waals surface area contributed by atoms with E-state index < -0.39 is 11.6 Å². The first kappa shape index (κ1) is 62.6. The van der Waals surface area contributed by atoms with Gasteiger partial charge in [0.1, 0.15) is 11.4 Å². The zero-order chi connectivity index (χ0) is 60.6. The van der Waals surface area contributed by atoms with E-state index in [2.05, 4.69) is 263 Å². The van der Waals surface area contributed by atoms with E-state index >= 15 is 9.59 Å². The molecular formula is C76H90N4NiO2. The molecule has 2 aliphatic rings. The van der Waals surface area contributed by atoms with Crippen LogP contribution in [0.2, 0.25) is 0 Å². The summed E-state index contributed by atoms with van der Waals surface area (Å²) >= 11 is 0. The van der Waals surface area contributed by atoms with Gasteiger partial charge in [0.25, 0.3) is 11.6 Å². The number of fused-ring (bicyclic) bond motifs is 8. The quantitative estimate of drug-likeness (QED) is 0.129. The molecule has 6 nitrogen and oxygen atoms in total. The molecule has 0 saturated carbocycles. The topological polar surface area (TPSA) is 88.1 Å². The van der Waals surface area contributed by atoms with E-state index in [4.69, 9.17) is 19.9 Å². The van der Waals surface area contributed by atoms with Gasteiger partial charge in [-0.2, -0.15) is 0 Å². The third kappa shape index (κ3) is 12.5. The molecular weight excluding hydrogens is 1060 g/mol. The third-order valence-electron chi connectivity index (χ3n) is 16.6. The smallest absolute Gasteiger partial charge is 0.657 e. The number of hydrogen-bond acceptors (Lipinski definition) is 4. The van der Waals surface area contributed by atoms with Crippen molar-refractivity contribution >= 4 is 45.8 Å². The average molecular weight is 1150 g/mol. The van der Waals surface area contributed by atoms with Crippen molar-refractivity contribution in [3.63, 3.8) is 0 Å². The fourth-order valence-corrected chi connectivity index (χ4v) is 10.9. The molecule has 0 atom stereocenters. The Morgan fingerprint density at radius 1 is 0.277 bits per heavy atom. The van der Waals surface area contributed by atoms with E-state index in [0.717, 1.165) is 67.0 Å². The van der Waals surface area contributed by atoms with E-state index in [1.165, 1.54) is 22.3 Å². The van der Waals surface area contributed by atoms with Gasteiger partial charge in [-0.1, -0.05) is 263 Å². The van der Waals surface area contributed by atoms with Crippen molar-refractivity contribution < 1.29 is 26.1 Å². The van der Waals surface area contributed by atoms with Gasteiger partial charge in [-0.3, -0.25) is 9.59 Å². The molecule has 0 saturated heterocycles. The molecule has 7 heteroatoms. The monoisotopic (exact) mass is 1150 g/mol. The molecule has 0 amide bonds. The Hall–Kier alpha value is -6.43. The van der Waals surface area contributed by atoms with Gasteiger partial charge in [0.15, 0.2) is 0 Å². The summed E-state index contributed by atoms with van der Waals surface area (Å²) in [5, 5.41) is 0. The van der Waals surface area contributed by atoms with Crippen LogP contribution in [-0.4, -0.2) is 21.5 Å². The molecule has 9 rings (SSSR count). The molecule has 3 aromatic heterocycles. The number of hydrogen-bond donors (Lipinski definition) is 0. The Morgan fingerprint density at radius 2 is 0.470 bits per heavy atom. The fraction of sp³-hybridized carbons (Fsp3) is 0.421. The van der Waals surface area contributed by atoms with E-state index in [1.807, 2.05) is 12.1 Å². The largest absolute Gasteiger partial charge is 2.00 e. The van der Waals surface area contributed by atoms with Gasteiger partial charge in [0.2, 0.25) is 0 Å². The van der Waals surface area contributed by atoms with Crippen LogP contribution < -0.4 is 9.97 Å². The molecule has 0 aliphatic carbocycles. The van der Waals surface area contributed by atoms with Crippen LogP contribution in [0.3, 0.4) is 0 Å². The molecule has 7 aromatic rings. The minimum Gasteiger partial charge on any atom is -0.657 e. The Bertz CT molecular complexity index is 3580. The summed E-state index contributed by atoms with van der Waals surface area (Å²) < 4.78 is 0. The number of rotatable bonds is 4. The molecule has 0 spiro atoms. The number of benzene rings is 4. The fourth-order valence-electron chi connectivity index (χ4n) is 10.9. The molecule has 436 valence electrons. The van der Waals surface area contributed by atoms with Crippen molar-refractivity contribution in [2.45, 2.75) is 209 Å². The van der Waals surface area contributed by atoms with Crippen LogP contribution in [0.1, 0.15) is 243 Å². The number of carbonyl (C=O) groups excluding carboxylic acids is 2. The molecule has 0 radical (unpaired) electrons. The van der Waals surface area contributed by atoms with Gasteiger partial charge in [-0.15, -0.1) is 22.1 Å². The van der Waals surface area contributed by atoms with Crippen LogP contribution >= 0.6 is 0 Å². The van der Waals surface area contributed by atoms with Crippen LogP contribution in [0.5, 0.6) is 0 Å². The maximum atomic E-state index is 15.6. The van der Waals surface area contributed by atoms with Gasteiger partial charge in [-0.25, -0.2) is 9.97 Å². The normalized spacial score (nSPS) is 13.9. The number of ketones is 2. The van der Waals surface area contributed by atoms with Crippen molar-refractivity contribution in [1.29, 1.82) is 0 Å². The summed E-state index contributed by atoms with van der Waals surface area (Å²) in [7, 11) is 0. The first-order chi connectivity index (χ1) is 37.5. The molecule has 0 unspecified atom stereocenters. The summed E-state index contributed by atoms with van der Waals surface area (Å²) in [6.45, 7) is 53.7. The Labute approximate surface area is 507 Å². The number of Topliss-reactive ketones (excluding diaryl/α,β-unsaturated/α-hetero) is 2. The Morgan fingerprint density at radius 3 is 0.675 bits per heavy atom. The number of carbonyl (C=O) groups is 2. The Kier molecular flexibility index (Phi) is 15.8. The summed E-state index contributed by atoms with van der Waals surface area (Å²) in [5.41, 5.74) is 17.8. The predicted molar refractivity (Wildman–Crippen MR) is 348 cm³/mol. The van der Waals surface area contributed by atoms with Crippen LogP contribution in [0, 0.1) is 0 Å². The first-order valence-corrected chi connectivity index (χ1v) is 29.6. The van der Waals surface area contributed by atoms with E-state index in [0.29, 0.717) is 33.2 Å². The van der Waals surface area contributed by atoms with Crippen molar-refractivity contribution in [3.8, 4) is 44.5 Å². The summed E-state index contributed by atoms with van der Waals surface area (Å²) in [5.74, 6) is -1.35. The molecule has 2 aliphatic heterocycles. The molecule has 8 bridgehead atoms. The van der Waals surface area contributed by atoms with Gasteiger partial charge >= 0.3 is 16.5 Å². The van der Waals surface area contributed by atoms with Crippen LogP contribution in [0.25, 0.3) is 78.7 Å². The van der Waals surface area contributed by atoms with E-state index in [1.54, 1.807) is 0 Å².